The fraction of sp³-hybridized carbons (Fsp3) is 1.00. The van der Waals surface area contributed by atoms with Crippen molar-refractivity contribution in [1.29, 1.82) is 0 Å². The zero-order chi connectivity index (χ0) is 12.9. The number of rotatable bonds is 12. The minimum Gasteiger partial charge on any atom is -0.306 e. The number of unbranched alkanes of at least 4 members (excludes halogenated alkanes) is 8. The van der Waals surface area contributed by atoms with Gasteiger partial charge in [0.1, 0.15) is 0 Å². The van der Waals surface area contributed by atoms with E-state index in [4.69, 9.17) is 4.55 Å². The van der Waals surface area contributed by atoms with E-state index in [1.165, 1.54) is 51.4 Å². The molecule has 0 bridgehead atoms. The van der Waals surface area contributed by atoms with E-state index in [2.05, 4.69) is 6.92 Å². The third kappa shape index (κ3) is 11.0. The third-order valence-corrected chi connectivity index (χ3v) is 4.51. The Bertz CT molecular complexity index is 183. The average Bonchev–Trinajstić information content (AvgIpc) is 2.31. The van der Waals surface area contributed by atoms with Crippen molar-refractivity contribution in [1.82, 2.24) is 0 Å². The van der Waals surface area contributed by atoms with E-state index in [-0.39, 0.29) is 5.25 Å². The normalized spacial score (nSPS) is 14.8. The van der Waals surface area contributed by atoms with Crippen molar-refractivity contribution >= 4 is 11.1 Å². The van der Waals surface area contributed by atoms with Crippen LogP contribution >= 0.6 is 0 Å². The second-order valence-electron chi connectivity index (χ2n) is 4.92. The third-order valence-electron chi connectivity index (χ3n) is 3.37. The molecule has 0 rings (SSSR count). The molecule has 17 heavy (non-hydrogen) atoms. The van der Waals surface area contributed by atoms with Crippen LogP contribution in [0.15, 0.2) is 0 Å². The van der Waals surface area contributed by atoms with Crippen LogP contribution in [0.4, 0.5) is 0 Å². The quantitative estimate of drug-likeness (QED) is 0.401. The zero-order valence-corrected chi connectivity index (χ0v) is 12.4. The Kier molecular flexibility index (Phi) is 12.6. The van der Waals surface area contributed by atoms with Crippen LogP contribution in [0.5, 0.6) is 0 Å². The molecule has 0 saturated heterocycles. The topological polar surface area (TPSA) is 37.3 Å². The molecule has 3 heteroatoms. The molecule has 0 radical (unpaired) electrons. The first-order chi connectivity index (χ1) is 8.22. The second kappa shape index (κ2) is 12.6. The Morgan fingerprint density at radius 2 is 1.35 bits per heavy atom. The minimum atomic E-state index is -1.62. The van der Waals surface area contributed by atoms with Crippen LogP contribution in [0.25, 0.3) is 0 Å². The fourth-order valence-corrected chi connectivity index (χ4v) is 2.78. The predicted molar refractivity (Wildman–Crippen MR) is 76.7 cm³/mol. The summed E-state index contributed by atoms with van der Waals surface area (Å²) in [7, 11) is 0. The molecular weight excluding hydrogens is 232 g/mol. The predicted octanol–water partition coefficient (Wildman–Crippen LogP) is 4.91. The average molecular weight is 262 g/mol. The molecule has 104 valence electrons. The SMILES string of the molecule is CCCCCCCCCCCC(CC)S(=O)O. The van der Waals surface area contributed by atoms with Crippen molar-refractivity contribution in [3.05, 3.63) is 0 Å². The monoisotopic (exact) mass is 262 g/mol. The molecule has 0 aromatic carbocycles. The Labute approximate surface area is 110 Å². The summed E-state index contributed by atoms with van der Waals surface area (Å²) in [5.74, 6) is 0. The molecule has 0 aromatic rings. The van der Waals surface area contributed by atoms with Gasteiger partial charge < -0.3 is 4.55 Å². The molecule has 2 nitrogen and oxygen atoms in total. The highest BCUT2D eigenvalue weighted by Crippen LogP contribution is 2.14. The van der Waals surface area contributed by atoms with Gasteiger partial charge in [-0.15, -0.1) is 0 Å². The maximum Gasteiger partial charge on any atom is 0.155 e. The van der Waals surface area contributed by atoms with Gasteiger partial charge in [-0.1, -0.05) is 71.6 Å². The molecule has 0 amide bonds. The fourth-order valence-electron chi connectivity index (χ4n) is 2.13. The second-order valence-corrected chi connectivity index (χ2v) is 6.14. The van der Waals surface area contributed by atoms with Gasteiger partial charge in [0, 0.05) is 0 Å². The Morgan fingerprint density at radius 1 is 0.882 bits per heavy atom. The summed E-state index contributed by atoms with van der Waals surface area (Å²) in [6.45, 7) is 4.24. The molecule has 0 aliphatic heterocycles. The van der Waals surface area contributed by atoms with E-state index in [1.807, 2.05) is 6.92 Å². The van der Waals surface area contributed by atoms with Gasteiger partial charge in [0.15, 0.2) is 11.1 Å². The highest BCUT2D eigenvalue weighted by Gasteiger charge is 2.11. The number of hydrogen-bond acceptors (Lipinski definition) is 1. The summed E-state index contributed by atoms with van der Waals surface area (Å²) in [5, 5.41) is -0.000413. The van der Waals surface area contributed by atoms with Crippen molar-refractivity contribution in [2.75, 3.05) is 0 Å². The molecule has 0 fully saturated rings. The first-order valence-electron chi connectivity index (χ1n) is 7.32. The molecule has 0 aliphatic carbocycles. The lowest BCUT2D eigenvalue weighted by molar-refractivity contribution is 0.515. The van der Waals surface area contributed by atoms with E-state index in [9.17, 15) is 4.21 Å². The summed E-state index contributed by atoms with van der Waals surface area (Å²) in [6.07, 6.45) is 13.5. The first-order valence-corrected chi connectivity index (χ1v) is 8.49. The van der Waals surface area contributed by atoms with Crippen molar-refractivity contribution < 1.29 is 8.76 Å². The van der Waals surface area contributed by atoms with Crippen molar-refractivity contribution in [2.45, 2.75) is 89.7 Å². The molecule has 2 unspecified atom stereocenters. The molecule has 0 saturated carbocycles. The molecule has 0 heterocycles. The van der Waals surface area contributed by atoms with Gasteiger partial charge >= 0.3 is 0 Å². The molecule has 2 atom stereocenters. The van der Waals surface area contributed by atoms with Crippen LogP contribution in [0.3, 0.4) is 0 Å². The van der Waals surface area contributed by atoms with Gasteiger partial charge in [0.25, 0.3) is 0 Å². The standard InChI is InChI=1S/C14H30O2S/c1-3-5-6-7-8-9-10-11-12-13-14(4-2)17(15)16/h14H,3-13H2,1-2H3,(H,15,16). The van der Waals surface area contributed by atoms with Gasteiger partial charge in [-0.05, 0) is 12.8 Å². The van der Waals surface area contributed by atoms with Crippen molar-refractivity contribution in [3.8, 4) is 0 Å². The van der Waals surface area contributed by atoms with Crippen LogP contribution in [0, 0.1) is 0 Å². The van der Waals surface area contributed by atoms with Gasteiger partial charge in [-0.25, -0.2) is 4.21 Å². The van der Waals surface area contributed by atoms with Gasteiger partial charge in [-0.2, -0.15) is 0 Å². The van der Waals surface area contributed by atoms with Gasteiger partial charge in [-0.3, -0.25) is 0 Å². The summed E-state index contributed by atoms with van der Waals surface area (Å²) in [5.41, 5.74) is 0. The summed E-state index contributed by atoms with van der Waals surface area (Å²) >= 11 is -1.62. The van der Waals surface area contributed by atoms with Crippen molar-refractivity contribution in [3.63, 3.8) is 0 Å². The van der Waals surface area contributed by atoms with Crippen LogP contribution < -0.4 is 0 Å². The largest absolute Gasteiger partial charge is 0.306 e. The summed E-state index contributed by atoms with van der Waals surface area (Å²) in [6, 6.07) is 0. The smallest absolute Gasteiger partial charge is 0.155 e. The van der Waals surface area contributed by atoms with Crippen molar-refractivity contribution in [2.24, 2.45) is 0 Å². The van der Waals surface area contributed by atoms with Gasteiger partial charge in [0.2, 0.25) is 0 Å². The van der Waals surface area contributed by atoms with Crippen LogP contribution in [0.2, 0.25) is 0 Å². The van der Waals surface area contributed by atoms with E-state index in [1.54, 1.807) is 0 Å². The molecule has 0 spiro atoms. The Morgan fingerprint density at radius 3 is 1.76 bits per heavy atom. The maximum absolute atomic E-state index is 10.9. The lowest BCUT2D eigenvalue weighted by Gasteiger charge is -2.09. The Balaban J connectivity index is 3.20. The van der Waals surface area contributed by atoms with E-state index in [0.717, 1.165) is 19.3 Å². The Hall–Kier alpha value is 0.110. The molecule has 1 N–H and O–H groups in total. The van der Waals surface area contributed by atoms with Crippen LogP contribution in [-0.4, -0.2) is 14.0 Å². The lowest BCUT2D eigenvalue weighted by Crippen LogP contribution is -2.12. The highest BCUT2D eigenvalue weighted by atomic mass is 32.2. The molecule has 0 aliphatic rings. The first kappa shape index (κ1) is 17.1. The molecular formula is C14H30O2S. The van der Waals surface area contributed by atoms with E-state index in [0.29, 0.717) is 0 Å². The van der Waals surface area contributed by atoms with E-state index < -0.39 is 11.1 Å². The summed E-state index contributed by atoms with van der Waals surface area (Å²) in [4.78, 5) is 0. The zero-order valence-electron chi connectivity index (χ0n) is 11.6. The molecule has 0 aromatic heterocycles. The summed E-state index contributed by atoms with van der Waals surface area (Å²) < 4.78 is 19.9. The maximum atomic E-state index is 10.9. The van der Waals surface area contributed by atoms with Crippen LogP contribution in [-0.2, 0) is 11.1 Å². The van der Waals surface area contributed by atoms with E-state index >= 15 is 0 Å². The number of hydrogen-bond donors (Lipinski definition) is 1. The highest BCUT2D eigenvalue weighted by molar-refractivity contribution is 7.79. The van der Waals surface area contributed by atoms with Crippen LogP contribution in [0.1, 0.15) is 84.5 Å². The minimum absolute atomic E-state index is 0.000413. The van der Waals surface area contributed by atoms with Gasteiger partial charge in [0.05, 0.1) is 5.25 Å². The lowest BCUT2D eigenvalue weighted by atomic mass is 10.1.